The Balaban J connectivity index is 1.77. The lowest BCUT2D eigenvalue weighted by Crippen LogP contribution is -2.34. The van der Waals surface area contributed by atoms with E-state index in [-0.39, 0.29) is 12.3 Å². The quantitative estimate of drug-likeness (QED) is 0.879. The number of amides is 1. The van der Waals surface area contributed by atoms with E-state index < -0.39 is 6.10 Å². The van der Waals surface area contributed by atoms with E-state index in [2.05, 4.69) is 16.2 Å². The second-order valence-electron chi connectivity index (χ2n) is 6.20. The first kappa shape index (κ1) is 16.9. The van der Waals surface area contributed by atoms with Crippen molar-refractivity contribution in [2.45, 2.75) is 25.6 Å². The summed E-state index contributed by atoms with van der Waals surface area (Å²) >= 11 is 0. The molecule has 0 aliphatic carbocycles. The van der Waals surface area contributed by atoms with Gasteiger partial charge in [0, 0.05) is 26.8 Å². The fraction of sp³-hybridized carbons (Fsp3) is 0.412. The van der Waals surface area contributed by atoms with Crippen molar-refractivity contribution in [2.24, 2.45) is 0 Å². The normalized spacial score (nSPS) is 14.6. The van der Waals surface area contributed by atoms with Crippen LogP contribution in [0.2, 0.25) is 0 Å². The fourth-order valence-corrected chi connectivity index (χ4v) is 2.82. The van der Waals surface area contributed by atoms with Crippen LogP contribution in [0.15, 0.2) is 24.4 Å². The average molecular weight is 340 g/mol. The molecule has 3 heterocycles. The Morgan fingerprint density at radius 2 is 2.28 bits per heavy atom. The summed E-state index contributed by atoms with van der Waals surface area (Å²) in [5, 5.41) is 23.9. The van der Waals surface area contributed by atoms with Crippen LogP contribution in [0.4, 0.5) is 5.82 Å². The van der Waals surface area contributed by atoms with Crippen LogP contribution in [0.3, 0.4) is 0 Å². The van der Waals surface area contributed by atoms with Gasteiger partial charge in [0.05, 0.1) is 36.5 Å². The number of aromatic nitrogens is 3. The summed E-state index contributed by atoms with van der Waals surface area (Å²) in [4.78, 5) is 19.6. The van der Waals surface area contributed by atoms with Crippen molar-refractivity contribution in [3.8, 4) is 6.07 Å². The summed E-state index contributed by atoms with van der Waals surface area (Å²) in [6.45, 7) is 1.85. The lowest BCUT2D eigenvalue weighted by molar-refractivity contribution is -0.130. The Hall–Kier alpha value is -2.92. The molecule has 1 N–H and O–H groups in total. The number of aliphatic hydroxyl groups is 1. The van der Waals surface area contributed by atoms with Gasteiger partial charge in [0.25, 0.3) is 0 Å². The van der Waals surface area contributed by atoms with Crippen molar-refractivity contribution in [3.05, 3.63) is 41.3 Å². The SMILES string of the molecule is CN(C)C(=O)C[C@@H](O)c1cc2n(n1)CCN(c1ncccc1C#N)C2. The molecular weight excluding hydrogens is 320 g/mol. The molecular formula is C17H20N6O2. The number of pyridine rings is 1. The Bertz CT molecular complexity index is 823. The highest BCUT2D eigenvalue weighted by Gasteiger charge is 2.24. The Labute approximate surface area is 145 Å². The van der Waals surface area contributed by atoms with E-state index in [1.807, 2.05) is 15.6 Å². The number of aliphatic hydroxyl groups excluding tert-OH is 1. The molecule has 8 heteroatoms. The zero-order chi connectivity index (χ0) is 18.0. The van der Waals surface area contributed by atoms with Gasteiger partial charge in [-0.3, -0.25) is 9.48 Å². The maximum absolute atomic E-state index is 11.8. The monoisotopic (exact) mass is 340 g/mol. The molecule has 0 radical (unpaired) electrons. The van der Waals surface area contributed by atoms with Gasteiger partial charge in [0.15, 0.2) is 0 Å². The topological polar surface area (TPSA) is 98.3 Å². The van der Waals surface area contributed by atoms with Crippen LogP contribution in [0.1, 0.15) is 29.5 Å². The van der Waals surface area contributed by atoms with Gasteiger partial charge < -0.3 is 14.9 Å². The van der Waals surface area contributed by atoms with E-state index in [0.717, 1.165) is 5.69 Å². The minimum Gasteiger partial charge on any atom is -0.386 e. The number of anilines is 1. The van der Waals surface area contributed by atoms with Gasteiger partial charge in [-0.05, 0) is 18.2 Å². The number of nitriles is 1. The molecule has 0 fully saturated rings. The largest absolute Gasteiger partial charge is 0.386 e. The summed E-state index contributed by atoms with van der Waals surface area (Å²) < 4.78 is 1.84. The lowest BCUT2D eigenvalue weighted by Gasteiger charge is -2.29. The van der Waals surface area contributed by atoms with Gasteiger partial charge in [-0.2, -0.15) is 10.4 Å². The van der Waals surface area contributed by atoms with Crippen LogP contribution < -0.4 is 4.90 Å². The first-order chi connectivity index (χ1) is 12.0. The molecule has 130 valence electrons. The summed E-state index contributed by atoms with van der Waals surface area (Å²) in [5.74, 6) is 0.509. The second-order valence-corrected chi connectivity index (χ2v) is 6.20. The molecule has 8 nitrogen and oxygen atoms in total. The van der Waals surface area contributed by atoms with Crippen LogP contribution in [-0.2, 0) is 17.9 Å². The highest BCUT2D eigenvalue weighted by molar-refractivity contribution is 5.76. The van der Waals surface area contributed by atoms with Gasteiger partial charge in [0.1, 0.15) is 18.0 Å². The summed E-state index contributed by atoms with van der Waals surface area (Å²) in [6, 6.07) is 7.47. The second kappa shape index (κ2) is 6.91. The third-order valence-corrected chi connectivity index (χ3v) is 4.23. The zero-order valence-corrected chi connectivity index (χ0v) is 14.3. The maximum atomic E-state index is 11.8. The molecule has 2 aromatic rings. The molecule has 2 aromatic heterocycles. The van der Waals surface area contributed by atoms with E-state index in [9.17, 15) is 15.2 Å². The third-order valence-electron chi connectivity index (χ3n) is 4.23. The Kier molecular flexibility index (Phi) is 4.67. The minimum atomic E-state index is -0.925. The summed E-state index contributed by atoms with van der Waals surface area (Å²) in [7, 11) is 3.32. The van der Waals surface area contributed by atoms with E-state index in [1.165, 1.54) is 4.90 Å². The number of fused-ring (bicyclic) bond motifs is 1. The van der Waals surface area contributed by atoms with Crippen LogP contribution in [0.5, 0.6) is 0 Å². The van der Waals surface area contributed by atoms with E-state index >= 15 is 0 Å². The van der Waals surface area contributed by atoms with Crippen LogP contribution in [-0.4, -0.2) is 51.3 Å². The molecule has 1 aliphatic rings. The number of nitrogens with zero attached hydrogens (tertiary/aromatic N) is 6. The molecule has 0 saturated heterocycles. The van der Waals surface area contributed by atoms with Crippen molar-refractivity contribution in [2.75, 3.05) is 25.5 Å². The van der Waals surface area contributed by atoms with Crippen molar-refractivity contribution < 1.29 is 9.90 Å². The van der Waals surface area contributed by atoms with Crippen molar-refractivity contribution >= 4 is 11.7 Å². The van der Waals surface area contributed by atoms with E-state index in [4.69, 9.17) is 0 Å². The van der Waals surface area contributed by atoms with Crippen molar-refractivity contribution in [3.63, 3.8) is 0 Å². The molecule has 0 bridgehead atoms. The number of carbonyl (C=O) groups is 1. The Morgan fingerprint density at radius 1 is 1.48 bits per heavy atom. The molecule has 1 aliphatic heterocycles. The van der Waals surface area contributed by atoms with Gasteiger partial charge in [-0.1, -0.05) is 0 Å². The van der Waals surface area contributed by atoms with Crippen LogP contribution >= 0.6 is 0 Å². The standard InChI is InChI=1S/C17H20N6O2/c1-21(2)16(25)9-15(24)14-8-13-11-22(6-7-23(13)20-14)17-12(10-18)4-3-5-19-17/h3-5,8,15,24H,6-7,9,11H2,1-2H3/t15-/m1/s1. The van der Waals surface area contributed by atoms with Gasteiger partial charge in [-0.25, -0.2) is 4.98 Å². The Morgan fingerprint density at radius 3 is 3.00 bits per heavy atom. The summed E-state index contributed by atoms with van der Waals surface area (Å²) in [5.41, 5.74) is 1.95. The minimum absolute atomic E-state index is 0.00594. The third kappa shape index (κ3) is 3.46. The highest BCUT2D eigenvalue weighted by atomic mass is 16.3. The fourth-order valence-electron chi connectivity index (χ4n) is 2.82. The molecule has 0 unspecified atom stereocenters. The molecule has 0 spiro atoms. The van der Waals surface area contributed by atoms with Crippen molar-refractivity contribution in [1.82, 2.24) is 19.7 Å². The van der Waals surface area contributed by atoms with Crippen LogP contribution in [0, 0.1) is 11.3 Å². The van der Waals surface area contributed by atoms with Gasteiger partial charge >= 0.3 is 0 Å². The van der Waals surface area contributed by atoms with Crippen LogP contribution in [0.25, 0.3) is 0 Å². The average Bonchev–Trinajstić information content (AvgIpc) is 3.04. The molecule has 0 aromatic carbocycles. The predicted octanol–water partition coefficient (Wildman–Crippen LogP) is 0.682. The number of hydrogen-bond donors (Lipinski definition) is 1. The lowest BCUT2D eigenvalue weighted by atomic mass is 10.1. The smallest absolute Gasteiger partial charge is 0.225 e. The number of rotatable bonds is 4. The van der Waals surface area contributed by atoms with E-state index in [0.29, 0.717) is 36.7 Å². The van der Waals surface area contributed by atoms with Gasteiger partial charge in [-0.15, -0.1) is 0 Å². The molecule has 1 atom stereocenters. The molecule has 0 saturated carbocycles. The predicted molar refractivity (Wildman–Crippen MR) is 90.5 cm³/mol. The number of carbonyl (C=O) groups excluding carboxylic acids is 1. The number of hydrogen-bond acceptors (Lipinski definition) is 6. The van der Waals surface area contributed by atoms with Crippen molar-refractivity contribution in [1.29, 1.82) is 5.26 Å². The zero-order valence-electron chi connectivity index (χ0n) is 14.3. The summed E-state index contributed by atoms with van der Waals surface area (Å²) in [6.07, 6.45) is 0.752. The highest BCUT2D eigenvalue weighted by Crippen LogP contribution is 2.25. The molecule has 3 rings (SSSR count). The first-order valence-corrected chi connectivity index (χ1v) is 8.04. The van der Waals surface area contributed by atoms with E-state index in [1.54, 1.807) is 32.4 Å². The molecule has 25 heavy (non-hydrogen) atoms. The first-order valence-electron chi connectivity index (χ1n) is 8.04. The van der Waals surface area contributed by atoms with Gasteiger partial charge in [0.2, 0.25) is 5.91 Å². The molecule has 1 amide bonds. The maximum Gasteiger partial charge on any atom is 0.225 e.